The first-order valence-corrected chi connectivity index (χ1v) is 0. The summed E-state index contributed by atoms with van der Waals surface area (Å²) in [6, 6.07) is 0. The van der Waals surface area contributed by atoms with Crippen molar-refractivity contribution in [1.82, 2.24) is 0 Å². The normalized spacial score (nSPS) is 0. The van der Waals surface area contributed by atoms with E-state index in [0.717, 1.165) is 0 Å². The summed E-state index contributed by atoms with van der Waals surface area (Å²) in [4.78, 5) is 0. The van der Waals surface area contributed by atoms with Crippen molar-refractivity contribution >= 4 is 0 Å². The fourth-order valence-corrected chi connectivity index (χ4v) is 0. The molecule has 0 aromatic rings. The summed E-state index contributed by atoms with van der Waals surface area (Å²) in [6.07, 6.45) is 0. The summed E-state index contributed by atoms with van der Waals surface area (Å²) in [5.74, 6) is 0. The smallest absolute Gasteiger partial charge is 1.00 e. The van der Waals surface area contributed by atoms with E-state index in [9.17, 15) is 0 Å². The van der Waals surface area contributed by atoms with Gasteiger partial charge in [0, 0.05) is 0 Å². The molecular formula is Cl6KRh-3. The van der Waals surface area contributed by atoms with E-state index in [2.05, 4.69) is 0 Å². The molecule has 0 aliphatic carbocycles. The Labute approximate surface area is 142 Å². The van der Waals surface area contributed by atoms with Crippen molar-refractivity contribution in [3.8, 4) is 0 Å². The fourth-order valence-electron chi connectivity index (χ4n) is 0. The maximum absolute atomic E-state index is 0. The van der Waals surface area contributed by atoms with E-state index in [1.807, 2.05) is 0 Å². The quantitative estimate of drug-likeness (QED) is 0.379. The van der Waals surface area contributed by atoms with Crippen molar-refractivity contribution in [2.75, 3.05) is 0 Å². The van der Waals surface area contributed by atoms with Crippen LogP contribution in [0.3, 0.4) is 0 Å². The van der Waals surface area contributed by atoms with Gasteiger partial charge in [-0.2, -0.15) is 0 Å². The maximum atomic E-state index is 0. The largest absolute Gasteiger partial charge is 2.00 e. The van der Waals surface area contributed by atoms with Gasteiger partial charge in [-0.1, -0.05) is 0 Å². The molecule has 55 valence electrons. The Hall–Kier alpha value is 4.00. The van der Waals surface area contributed by atoms with E-state index < -0.39 is 0 Å². The number of hydrogen-bond donors (Lipinski definition) is 0. The van der Waals surface area contributed by atoms with Crippen LogP contribution in [0.2, 0.25) is 0 Å². The number of hydrogen-bond acceptors (Lipinski definition) is 0. The van der Waals surface area contributed by atoms with Crippen LogP contribution >= 0.6 is 0 Å². The van der Waals surface area contributed by atoms with Gasteiger partial charge in [0.1, 0.15) is 0 Å². The molecule has 0 aliphatic rings. The van der Waals surface area contributed by atoms with Crippen LogP contribution in [0.15, 0.2) is 0 Å². The van der Waals surface area contributed by atoms with E-state index >= 15 is 0 Å². The van der Waals surface area contributed by atoms with Gasteiger partial charge in [-0.3, -0.25) is 0 Å². The van der Waals surface area contributed by atoms with Crippen molar-refractivity contribution in [3.05, 3.63) is 0 Å². The third-order valence-corrected chi connectivity index (χ3v) is 0. The minimum atomic E-state index is 0. The first-order chi connectivity index (χ1) is 0. The molecule has 0 heterocycles. The van der Waals surface area contributed by atoms with Gasteiger partial charge in [0.2, 0.25) is 0 Å². The van der Waals surface area contributed by atoms with Gasteiger partial charge < -0.3 is 74.4 Å². The Morgan fingerprint density at radius 1 is 0.375 bits per heavy atom. The maximum Gasteiger partial charge on any atom is 2.00 e. The molecule has 0 saturated heterocycles. The molecule has 0 bridgehead atoms. The van der Waals surface area contributed by atoms with Crippen LogP contribution in [0.1, 0.15) is 0 Å². The van der Waals surface area contributed by atoms with Gasteiger partial charge in [0.05, 0.1) is 0 Å². The molecule has 0 unspecified atom stereocenters. The zero-order chi connectivity index (χ0) is 0. The van der Waals surface area contributed by atoms with Gasteiger partial charge in [-0.15, -0.1) is 0 Å². The Kier molecular flexibility index (Phi) is 780. The SMILES string of the molecule is [Cl-].[Cl-].[Cl-].[Cl-].[Cl-].[Cl-].[K+].[Rh+2]. The third-order valence-electron chi connectivity index (χ3n) is 0. The van der Waals surface area contributed by atoms with Crippen molar-refractivity contribution in [3.63, 3.8) is 0 Å². The summed E-state index contributed by atoms with van der Waals surface area (Å²) in [7, 11) is 0. The van der Waals surface area contributed by atoms with Crippen LogP contribution in [0, 0.1) is 0 Å². The molecule has 0 nitrogen and oxygen atoms in total. The molecule has 0 saturated carbocycles. The second kappa shape index (κ2) is 68.8. The average Bonchev–Trinajstić information content (AvgIpc) is 0. The second-order valence-electron chi connectivity index (χ2n) is 0. The molecular weight excluding hydrogens is 355 g/mol. The molecule has 0 spiro atoms. The van der Waals surface area contributed by atoms with Gasteiger partial charge in [0.25, 0.3) is 0 Å². The van der Waals surface area contributed by atoms with Crippen molar-refractivity contribution in [2.45, 2.75) is 0 Å². The summed E-state index contributed by atoms with van der Waals surface area (Å²) in [5, 5.41) is 0. The predicted molar refractivity (Wildman–Crippen MR) is 0 cm³/mol. The van der Waals surface area contributed by atoms with Gasteiger partial charge in [-0.05, 0) is 0 Å². The van der Waals surface area contributed by atoms with Crippen molar-refractivity contribution < 1.29 is 145 Å². The van der Waals surface area contributed by atoms with Crippen LogP contribution in [0.4, 0.5) is 0 Å². The van der Waals surface area contributed by atoms with Gasteiger partial charge >= 0.3 is 70.9 Å². The summed E-state index contributed by atoms with van der Waals surface area (Å²) >= 11 is 0. The fraction of sp³-hybridized carbons (Fsp3) is 0. The summed E-state index contributed by atoms with van der Waals surface area (Å²) < 4.78 is 0. The Morgan fingerprint density at radius 3 is 0.375 bits per heavy atom. The van der Waals surface area contributed by atoms with E-state index in [1.54, 1.807) is 0 Å². The zero-order valence-electron chi connectivity index (χ0n) is 3.60. The minimum absolute atomic E-state index is 0. The Morgan fingerprint density at radius 2 is 0.375 bits per heavy atom. The monoisotopic (exact) mass is 352 g/mol. The molecule has 0 aromatic heterocycles. The number of halogens is 6. The summed E-state index contributed by atoms with van der Waals surface area (Å²) in [6.45, 7) is 0. The average molecular weight is 355 g/mol. The molecule has 0 atom stereocenters. The van der Waals surface area contributed by atoms with E-state index in [1.165, 1.54) is 0 Å². The first-order valence-electron chi connectivity index (χ1n) is 0. The Balaban J connectivity index is 0. The van der Waals surface area contributed by atoms with Crippen molar-refractivity contribution in [2.24, 2.45) is 0 Å². The van der Waals surface area contributed by atoms with Crippen LogP contribution in [-0.4, -0.2) is 0 Å². The molecule has 0 aliphatic heterocycles. The topological polar surface area (TPSA) is 0 Å². The van der Waals surface area contributed by atoms with E-state index in [4.69, 9.17) is 0 Å². The molecule has 8 heteroatoms. The van der Waals surface area contributed by atoms with E-state index in [-0.39, 0.29) is 145 Å². The van der Waals surface area contributed by atoms with Crippen molar-refractivity contribution in [1.29, 1.82) is 0 Å². The Bertz CT molecular complexity index is 8.49. The molecule has 0 amide bonds. The second-order valence-corrected chi connectivity index (χ2v) is 0. The van der Waals surface area contributed by atoms with Gasteiger partial charge in [-0.25, -0.2) is 0 Å². The molecule has 0 rings (SSSR count). The summed E-state index contributed by atoms with van der Waals surface area (Å²) in [5.41, 5.74) is 0. The van der Waals surface area contributed by atoms with Crippen LogP contribution < -0.4 is 126 Å². The molecule has 0 fully saturated rings. The number of rotatable bonds is 0. The molecule has 8 heavy (non-hydrogen) atoms. The van der Waals surface area contributed by atoms with Crippen LogP contribution in [0.25, 0.3) is 0 Å². The molecule has 0 N–H and O–H groups in total. The predicted octanol–water partition coefficient (Wildman–Crippen LogP) is -21.0. The standard InChI is InChI=1S/6ClH.K.Rh/h6*1H;;/q;;;;;;+1;+2/p-6. The minimum Gasteiger partial charge on any atom is -1.00 e. The molecule has 0 aromatic carbocycles. The van der Waals surface area contributed by atoms with Gasteiger partial charge in [0.15, 0.2) is 0 Å². The van der Waals surface area contributed by atoms with E-state index in [0.29, 0.717) is 0 Å². The van der Waals surface area contributed by atoms with Crippen LogP contribution in [-0.2, 0) is 19.5 Å². The first kappa shape index (κ1) is 90.8. The van der Waals surface area contributed by atoms with Crippen LogP contribution in [0.5, 0.6) is 0 Å². The molecule has 1 radical (unpaired) electrons. The third kappa shape index (κ3) is 50.6. The zero-order valence-corrected chi connectivity index (χ0v) is 12.9.